The van der Waals surface area contributed by atoms with Crippen molar-refractivity contribution in [3.05, 3.63) is 23.8 Å². The van der Waals surface area contributed by atoms with Crippen molar-refractivity contribution < 1.29 is 0 Å². The highest BCUT2D eigenvalue weighted by atomic mass is 15.1. The molecule has 0 aliphatic rings. The van der Waals surface area contributed by atoms with E-state index in [9.17, 15) is 0 Å². The number of nitrogens with zero attached hydrogens (tertiary/aromatic N) is 1. The minimum Gasteiger partial charge on any atom is -0.399 e. The maximum absolute atomic E-state index is 5.70. The molecule has 1 aromatic carbocycles. The lowest BCUT2D eigenvalue weighted by molar-refractivity contribution is 0.326. The summed E-state index contributed by atoms with van der Waals surface area (Å²) in [7, 11) is 4.17. The average Bonchev–Trinajstić information content (AvgIpc) is 2.15. The number of nitrogen functional groups attached to an aromatic ring is 1. The van der Waals surface area contributed by atoms with E-state index in [1.165, 1.54) is 5.56 Å². The van der Waals surface area contributed by atoms with Crippen LogP contribution in [0.25, 0.3) is 0 Å². The van der Waals surface area contributed by atoms with Crippen molar-refractivity contribution in [2.24, 2.45) is 0 Å². The Morgan fingerprint density at radius 3 is 2.60 bits per heavy atom. The molecule has 1 aromatic rings. The molecule has 0 radical (unpaired) electrons. The van der Waals surface area contributed by atoms with Crippen molar-refractivity contribution in [3.8, 4) is 0 Å². The minimum absolute atomic E-state index is 0.516. The van der Waals surface area contributed by atoms with Crippen molar-refractivity contribution in [1.82, 2.24) is 4.90 Å². The molecule has 15 heavy (non-hydrogen) atoms. The van der Waals surface area contributed by atoms with Crippen LogP contribution in [-0.4, -0.2) is 31.6 Å². The smallest absolute Gasteiger partial charge is 0.0371 e. The summed E-state index contributed by atoms with van der Waals surface area (Å²) in [4.78, 5) is 2.19. The van der Waals surface area contributed by atoms with E-state index in [-0.39, 0.29) is 0 Å². The summed E-state index contributed by atoms with van der Waals surface area (Å²) in [6.45, 7) is 5.20. The van der Waals surface area contributed by atoms with Crippen molar-refractivity contribution >= 4 is 11.4 Å². The van der Waals surface area contributed by atoms with Gasteiger partial charge in [-0.2, -0.15) is 0 Å². The van der Waals surface area contributed by atoms with Gasteiger partial charge in [-0.15, -0.1) is 0 Å². The number of aryl methyl sites for hydroxylation is 1. The van der Waals surface area contributed by atoms with Crippen LogP contribution in [-0.2, 0) is 0 Å². The first-order valence-corrected chi connectivity index (χ1v) is 5.27. The van der Waals surface area contributed by atoms with Crippen LogP contribution >= 0.6 is 0 Å². The summed E-state index contributed by atoms with van der Waals surface area (Å²) in [5.74, 6) is 0. The predicted octanol–water partition coefficient (Wildman–Crippen LogP) is 1.94. The molecule has 0 bridgehead atoms. The summed E-state index contributed by atoms with van der Waals surface area (Å²) >= 11 is 0. The molecule has 0 heterocycles. The maximum atomic E-state index is 5.70. The number of anilines is 2. The van der Waals surface area contributed by atoms with E-state index in [2.05, 4.69) is 38.2 Å². The molecule has 0 amide bonds. The van der Waals surface area contributed by atoms with Crippen molar-refractivity contribution in [2.75, 3.05) is 31.7 Å². The van der Waals surface area contributed by atoms with Crippen LogP contribution in [0.4, 0.5) is 11.4 Å². The van der Waals surface area contributed by atoms with Crippen LogP contribution < -0.4 is 11.1 Å². The third kappa shape index (κ3) is 3.44. The predicted molar refractivity (Wildman–Crippen MR) is 67.2 cm³/mol. The highest BCUT2D eigenvalue weighted by Gasteiger charge is 2.04. The van der Waals surface area contributed by atoms with Crippen molar-refractivity contribution in [1.29, 1.82) is 0 Å². The molecule has 3 heteroatoms. The summed E-state index contributed by atoms with van der Waals surface area (Å²) in [6.07, 6.45) is 0. The van der Waals surface area contributed by atoms with E-state index in [1.54, 1.807) is 0 Å². The Morgan fingerprint density at radius 1 is 1.40 bits per heavy atom. The molecule has 1 unspecified atom stereocenters. The Balaban J connectivity index is 2.58. The molecule has 3 N–H and O–H groups in total. The van der Waals surface area contributed by atoms with Crippen LogP contribution in [0.15, 0.2) is 18.2 Å². The van der Waals surface area contributed by atoms with Crippen LogP contribution in [0.1, 0.15) is 12.5 Å². The molecule has 0 saturated heterocycles. The Morgan fingerprint density at radius 2 is 2.07 bits per heavy atom. The van der Waals surface area contributed by atoms with Gasteiger partial charge in [0, 0.05) is 24.0 Å². The van der Waals surface area contributed by atoms with Crippen molar-refractivity contribution in [3.63, 3.8) is 0 Å². The van der Waals surface area contributed by atoms with Crippen molar-refractivity contribution in [2.45, 2.75) is 19.9 Å². The quantitative estimate of drug-likeness (QED) is 0.741. The second-order valence-corrected chi connectivity index (χ2v) is 4.27. The van der Waals surface area contributed by atoms with Crippen LogP contribution in [0.5, 0.6) is 0 Å². The lowest BCUT2D eigenvalue weighted by Crippen LogP contribution is -2.31. The molecule has 0 aromatic heterocycles. The second-order valence-electron chi connectivity index (χ2n) is 4.27. The van der Waals surface area contributed by atoms with Gasteiger partial charge in [0.25, 0.3) is 0 Å². The first-order chi connectivity index (χ1) is 7.00. The van der Waals surface area contributed by atoms with E-state index in [0.29, 0.717) is 6.04 Å². The van der Waals surface area contributed by atoms with Gasteiger partial charge in [-0.1, -0.05) is 0 Å². The summed E-state index contributed by atoms with van der Waals surface area (Å²) in [6, 6.07) is 6.47. The highest BCUT2D eigenvalue weighted by Crippen LogP contribution is 2.17. The Labute approximate surface area is 92.3 Å². The topological polar surface area (TPSA) is 41.3 Å². The highest BCUT2D eigenvalue weighted by molar-refractivity contribution is 5.57. The van der Waals surface area contributed by atoms with E-state index < -0.39 is 0 Å². The van der Waals surface area contributed by atoms with Gasteiger partial charge in [0.2, 0.25) is 0 Å². The zero-order valence-electron chi connectivity index (χ0n) is 10.0. The minimum atomic E-state index is 0.516. The Hall–Kier alpha value is -1.22. The van der Waals surface area contributed by atoms with Gasteiger partial charge in [0.05, 0.1) is 0 Å². The van der Waals surface area contributed by atoms with Crippen LogP contribution in [0.3, 0.4) is 0 Å². The van der Waals surface area contributed by atoms with Gasteiger partial charge in [0.1, 0.15) is 0 Å². The summed E-state index contributed by atoms with van der Waals surface area (Å²) in [5.41, 5.74) is 8.87. The molecule has 3 nitrogen and oxygen atoms in total. The van der Waals surface area contributed by atoms with E-state index in [4.69, 9.17) is 5.73 Å². The fourth-order valence-electron chi connectivity index (χ4n) is 1.33. The molecule has 0 spiro atoms. The SMILES string of the molecule is Cc1cc(N)ccc1NCC(C)N(C)C. The normalized spacial score (nSPS) is 12.9. The second kappa shape index (κ2) is 5.03. The fourth-order valence-corrected chi connectivity index (χ4v) is 1.33. The first-order valence-electron chi connectivity index (χ1n) is 5.27. The number of nitrogens with one attached hydrogen (secondary N) is 1. The monoisotopic (exact) mass is 207 g/mol. The lowest BCUT2D eigenvalue weighted by Gasteiger charge is -2.21. The molecule has 1 atom stereocenters. The molecular formula is C12H21N3. The lowest BCUT2D eigenvalue weighted by atomic mass is 10.1. The number of benzene rings is 1. The molecule has 0 saturated carbocycles. The van der Waals surface area contributed by atoms with Gasteiger partial charge in [-0.25, -0.2) is 0 Å². The summed E-state index contributed by atoms with van der Waals surface area (Å²) in [5, 5.41) is 3.42. The zero-order chi connectivity index (χ0) is 11.4. The van der Waals surface area contributed by atoms with Gasteiger partial charge >= 0.3 is 0 Å². The molecule has 0 fully saturated rings. The Kier molecular flexibility index (Phi) is 3.97. The molecule has 0 aliphatic heterocycles. The van der Waals surface area contributed by atoms with Crippen LogP contribution in [0, 0.1) is 6.92 Å². The Bertz CT molecular complexity index is 321. The number of hydrogen-bond acceptors (Lipinski definition) is 3. The summed E-state index contributed by atoms with van der Waals surface area (Å²) < 4.78 is 0. The average molecular weight is 207 g/mol. The third-order valence-corrected chi connectivity index (χ3v) is 2.72. The first kappa shape index (κ1) is 11.9. The molecular weight excluding hydrogens is 186 g/mol. The molecule has 1 rings (SSSR count). The number of likely N-dealkylation sites (N-methyl/N-ethyl adjacent to an activating group) is 1. The molecule has 84 valence electrons. The van der Waals surface area contributed by atoms with Gasteiger partial charge < -0.3 is 16.0 Å². The van der Waals surface area contributed by atoms with E-state index in [1.807, 2.05) is 18.2 Å². The third-order valence-electron chi connectivity index (χ3n) is 2.72. The van der Waals surface area contributed by atoms with Gasteiger partial charge in [-0.3, -0.25) is 0 Å². The zero-order valence-corrected chi connectivity index (χ0v) is 10.0. The number of hydrogen-bond donors (Lipinski definition) is 2. The van der Waals surface area contributed by atoms with Crippen LogP contribution in [0.2, 0.25) is 0 Å². The maximum Gasteiger partial charge on any atom is 0.0371 e. The van der Waals surface area contributed by atoms with E-state index >= 15 is 0 Å². The van der Waals surface area contributed by atoms with E-state index in [0.717, 1.165) is 17.9 Å². The fraction of sp³-hybridized carbons (Fsp3) is 0.500. The van der Waals surface area contributed by atoms with Gasteiger partial charge in [0.15, 0.2) is 0 Å². The molecule has 0 aliphatic carbocycles. The number of nitrogens with two attached hydrogens (primary N) is 1. The van der Waals surface area contributed by atoms with Gasteiger partial charge in [-0.05, 0) is 51.7 Å². The standard InChI is InChI=1S/C12H21N3/c1-9-7-11(13)5-6-12(9)14-8-10(2)15(3)4/h5-7,10,14H,8,13H2,1-4H3. The number of rotatable bonds is 4. The largest absolute Gasteiger partial charge is 0.399 e.